The molecule has 4 heteroatoms. The first-order chi connectivity index (χ1) is 11.8. The highest BCUT2D eigenvalue weighted by atomic mass is 16.6. The zero-order valence-electron chi connectivity index (χ0n) is 14.4. The molecule has 3 rings (SSSR count). The molecule has 1 aromatic carbocycles. The van der Waals surface area contributed by atoms with Crippen LogP contribution in [0.25, 0.3) is 0 Å². The third kappa shape index (κ3) is 4.18. The van der Waals surface area contributed by atoms with Crippen LogP contribution in [0.2, 0.25) is 0 Å². The third-order valence-electron chi connectivity index (χ3n) is 4.79. The smallest absolute Gasteiger partial charge is 0.411 e. The van der Waals surface area contributed by atoms with Gasteiger partial charge in [0.1, 0.15) is 6.61 Å². The van der Waals surface area contributed by atoms with E-state index in [0.29, 0.717) is 19.8 Å². The highest BCUT2D eigenvalue weighted by molar-refractivity contribution is 5.69. The Kier molecular flexibility index (Phi) is 5.91. The molecule has 24 heavy (non-hydrogen) atoms. The Bertz CT molecular complexity index is 570. The van der Waals surface area contributed by atoms with Gasteiger partial charge in [-0.05, 0) is 24.8 Å². The van der Waals surface area contributed by atoms with Crippen LogP contribution in [0.5, 0.6) is 0 Å². The van der Waals surface area contributed by atoms with Crippen LogP contribution in [0.15, 0.2) is 42.0 Å². The van der Waals surface area contributed by atoms with Gasteiger partial charge in [-0.1, -0.05) is 61.7 Å². The lowest BCUT2D eigenvalue weighted by molar-refractivity contribution is -0.0375. The fourth-order valence-electron chi connectivity index (χ4n) is 3.55. The summed E-state index contributed by atoms with van der Waals surface area (Å²) in [6.45, 7) is 3.74. The number of benzene rings is 1. The summed E-state index contributed by atoms with van der Waals surface area (Å²) < 4.78 is 11.2. The van der Waals surface area contributed by atoms with E-state index in [1.807, 2.05) is 35.2 Å². The van der Waals surface area contributed by atoms with Crippen LogP contribution < -0.4 is 0 Å². The number of amides is 1. The van der Waals surface area contributed by atoms with Crippen LogP contribution >= 0.6 is 0 Å². The van der Waals surface area contributed by atoms with Gasteiger partial charge in [0.15, 0.2) is 0 Å². The number of morpholine rings is 1. The number of hydrogen-bond donors (Lipinski definition) is 0. The number of fused-ring (bicyclic) bond motifs is 2. The summed E-state index contributed by atoms with van der Waals surface area (Å²) in [6, 6.07) is 9.96. The lowest BCUT2D eigenvalue weighted by Crippen LogP contribution is -2.56. The lowest BCUT2D eigenvalue weighted by Gasteiger charge is -2.43. The third-order valence-corrected chi connectivity index (χ3v) is 4.79. The molecule has 0 radical (unpaired) electrons. The molecule has 0 aromatic heterocycles. The lowest BCUT2D eigenvalue weighted by atomic mass is 9.91. The molecule has 2 aliphatic rings. The number of nitrogens with zero attached hydrogens (tertiary/aromatic N) is 1. The fourth-order valence-corrected chi connectivity index (χ4v) is 3.55. The van der Waals surface area contributed by atoms with E-state index in [2.05, 4.69) is 13.0 Å². The van der Waals surface area contributed by atoms with Crippen molar-refractivity contribution in [2.24, 2.45) is 0 Å². The quantitative estimate of drug-likeness (QED) is 0.577. The van der Waals surface area contributed by atoms with E-state index in [1.165, 1.54) is 24.8 Å². The van der Waals surface area contributed by atoms with Gasteiger partial charge in [0, 0.05) is 0 Å². The molecular weight excluding hydrogens is 302 g/mol. The summed E-state index contributed by atoms with van der Waals surface area (Å²) in [4.78, 5) is 14.5. The molecule has 1 amide bonds. The van der Waals surface area contributed by atoms with Crippen LogP contribution in [0.4, 0.5) is 4.79 Å². The average molecular weight is 329 g/mol. The van der Waals surface area contributed by atoms with E-state index < -0.39 is 0 Å². The zero-order chi connectivity index (χ0) is 16.8. The standard InChI is InChI=1S/C20H27NO3/c1-2-3-5-10-17-11-18-14-23-15-19(12-17)21(18)20(22)24-13-16-8-6-4-7-9-16/h4,6-9,11,18-19H,2-3,5,10,12-15H2,1H3. The Labute approximate surface area is 144 Å². The molecule has 1 aromatic rings. The number of unbranched alkanes of at least 4 members (excludes halogenated alkanes) is 2. The maximum absolute atomic E-state index is 12.6. The monoisotopic (exact) mass is 329 g/mol. The van der Waals surface area contributed by atoms with Gasteiger partial charge in [-0.3, -0.25) is 4.90 Å². The Morgan fingerprint density at radius 1 is 1.25 bits per heavy atom. The zero-order valence-corrected chi connectivity index (χ0v) is 14.4. The summed E-state index contributed by atoms with van der Waals surface area (Å²) in [5, 5.41) is 0. The normalized spacial score (nSPS) is 22.9. The van der Waals surface area contributed by atoms with Crippen LogP contribution in [0.3, 0.4) is 0 Å². The van der Waals surface area contributed by atoms with Crippen molar-refractivity contribution in [2.45, 2.75) is 57.7 Å². The van der Waals surface area contributed by atoms with Crippen molar-refractivity contribution >= 4 is 6.09 Å². The highest BCUT2D eigenvalue weighted by Gasteiger charge is 2.38. The molecule has 1 saturated heterocycles. The molecule has 0 N–H and O–H groups in total. The molecule has 2 unspecified atom stereocenters. The van der Waals surface area contributed by atoms with E-state index >= 15 is 0 Å². The van der Waals surface area contributed by atoms with Crippen molar-refractivity contribution in [3.8, 4) is 0 Å². The van der Waals surface area contributed by atoms with E-state index in [0.717, 1.165) is 18.4 Å². The summed E-state index contributed by atoms with van der Waals surface area (Å²) in [6.07, 6.45) is 7.82. The maximum atomic E-state index is 12.6. The number of carbonyl (C=O) groups excluding carboxylic acids is 1. The average Bonchev–Trinajstić information content (AvgIpc) is 2.60. The van der Waals surface area contributed by atoms with Crippen LogP contribution in [-0.2, 0) is 16.1 Å². The topological polar surface area (TPSA) is 38.8 Å². The summed E-state index contributed by atoms with van der Waals surface area (Å²) in [5.74, 6) is 0. The number of carbonyl (C=O) groups is 1. The molecule has 4 nitrogen and oxygen atoms in total. The van der Waals surface area contributed by atoms with E-state index in [4.69, 9.17) is 9.47 Å². The van der Waals surface area contributed by atoms with Gasteiger partial charge in [-0.2, -0.15) is 0 Å². The van der Waals surface area contributed by atoms with Crippen molar-refractivity contribution in [3.05, 3.63) is 47.5 Å². The Morgan fingerprint density at radius 2 is 2.08 bits per heavy atom. The van der Waals surface area contributed by atoms with E-state index in [-0.39, 0.29) is 18.2 Å². The Hall–Kier alpha value is -1.81. The van der Waals surface area contributed by atoms with E-state index in [9.17, 15) is 4.79 Å². The van der Waals surface area contributed by atoms with Crippen LogP contribution in [0, 0.1) is 0 Å². The van der Waals surface area contributed by atoms with Gasteiger partial charge in [0.2, 0.25) is 0 Å². The second kappa shape index (κ2) is 8.34. The largest absolute Gasteiger partial charge is 0.445 e. The SMILES string of the molecule is CCCCCC1=CC2COCC(C1)N2C(=O)OCc1ccccc1. The minimum atomic E-state index is -0.221. The first kappa shape index (κ1) is 17.0. The summed E-state index contributed by atoms with van der Waals surface area (Å²) in [5.41, 5.74) is 2.49. The molecule has 1 fully saturated rings. The van der Waals surface area contributed by atoms with Crippen molar-refractivity contribution in [1.29, 1.82) is 0 Å². The van der Waals surface area contributed by atoms with Gasteiger partial charge in [-0.25, -0.2) is 4.79 Å². The summed E-state index contributed by atoms with van der Waals surface area (Å²) >= 11 is 0. The van der Waals surface area contributed by atoms with E-state index in [1.54, 1.807) is 0 Å². The minimum absolute atomic E-state index is 0.0254. The van der Waals surface area contributed by atoms with Gasteiger partial charge >= 0.3 is 6.09 Å². The van der Waals surface area contributed by atoms with Crippen LogP contribution in [-0.4, -0.2) is 36.3 Å². The maximum Gasteiger partial charge on any atom is 0.411 e. The molecule has 0 saturated carbocycles. The minimum Gasteiger partial charge on any atom is -0.445 e. The molecule has 0 aliphatic carbocycles. The number of ether oxygens (including phenoxy) is 2. The molecule has 2 atom stereocenters. The first-order valence-electron chi connectivity index (χ1n) is 9.04. The van der Waals surface area contributed by atoms with Gasteiger partial charge in [0.05, 0.1) is 25.3 Å². The number of rotatable bonds is 6. The van der Waals surface area contributed by atoms with Crippen LogP contribution in [0.1, 0.15) is 44.6 Å². The molecular formula is C20H27NO3. The molecule has 2 bridgehead atoms. The predicted octanol–water partition coefficient (Wildman–Crippen LogP) is 4.30. The highest BCUT2D eigenvalue weighted by Crippen LogP contribution is 2.30. The molecule has 2 aliphatic heterocycles. The molecule has 130 valence electrons. The number of hydrogen-bond acceptors (Lipinski definition) is 3. The second-order valence-corrected chi connectivity index (χ2v) is 6.69. The predicted molar refractivity (Wildman–Crippen MR) is 93.7 cm³/mol. The molecule has 2 heterocycles. The van der Waals surface area contributed by atoms with Crippen molar-refractivity contribution in [1.82, 2.24) is 4.90 Å². The molecule has 0 spiro atoms. The van der Waals surface area contributed by atoms with Crippen molar-refractivity contribution in [2.75, 3.05) is 13.2 Å². The van der Waals surface area contributed by atoms with Crippen molar-refractivity contribution < 1.29 is 14.3 Å². The Morgan fingerprint density at radius 3 is 2.83 bits per heavy atom. The fraction of sp³-hybridized carbons (Fsp3) is 0.550. The first-order valence-corrected chi connectivity index (χ1v) is 9.04. The van der Waals surface area contributed by atoms with Gasteiger partial charge in [-0.15, -0.1) is 0 Å². The second-order valence-electron chi connectivity index (χ2n) is 6.69. The van der Waals surface area contributed by atoms with Gasteiger partial charge in [0.25, 0.3) is 0 Å². The van der Waals surface area contributed by atoms with Gasteiger partial charge < -0.3 is 9.47 Å². The van der Waals surface area contributed by atoms with Crippen molar-refractivity contribution in [3.63, 3.8) is 0 Å². The summed E-state index contributed by atoms with van der Waals surface area (Å²) in [7, 11) is 0. The Balaban J connectivity index is 1.60.